The van der Waals surface area contributed by atoms with E-state index in [9.17, 15) is 4.39 Å². The Kier molecular flexibility index (Phi) is 6.00. The Bertz CT molecular complexity index is 1210. The van der Waals surface area contributed by atoms with Gasteiger partial charge in [-0.1, -0.05) is 42.3 Å². The lowest BCUT2D eigenvalue weighted by atomic mass is 9.96. The predicted octanol–water partition coefficient (Wildman–Crippen LogP) is 5.61. The Morgan fingerprint density at radius 1 is 1.03 bits per heavy atom. The van der Waals surface area contributed by atoms with Gasteiger partial charge in [0.1, 0.15) is 5.82 Å². The molecule has 1 aromatic heterocycles. The van der Waals surface area contributed by atoms with Crippen molar-refractivity contribution in [1.82, 2.24) is 19.0 Å². The maximum Gasteiger partial charge on any atom is 0.123 e. The van der Waals surface area contributed by atoms with Gasteiger partial charge in [0.15, 0.2) is 0 Å². The van der Waals surface area contributed by atoms with Crippen molar-refractivity contribution in [3.63, 3.8) is 0 Å². The molecule has 0 spiro atoms. The molecular weight excluding hydrogens is 419 g/mol. The number of aromatic nitrogens is 2. The van der Waals surface area contributed by atoms with E-state index in [1.165, 1.54) is 28.8 Å². The Morgan fingerprint density at radius 3 is 2.56 bits per heavy atom. The Labute approximate surface area is 192 Å². The van der Waals surface area contributed by atoms with E-state index in [2.05, 4.69) is 69.9 Å². The first-order chi connectivity index (χ1) is 15.6. The lowest BCUT2D eigenvalue weighted by molar-refractivity contribution is 0.116. The maximum absolute atomic E-state index is 13.4. The van der Waals surface area contributed by atoms with Gasteiger partial charge in [-0.2, -0.15) is 5.10 Å². The van der Waals surface area contributed by atoms with Crippen molar-refractivity contribution in [2.45, 2.75) is 19.5 Å². The van der Waals surface area contributed by atoms with E-state index in [0.717, 1.165) is 42.8 Å². The minimum atomic E-state index is -0.238. The molecule has 1 unspecified atom stereocenters. The highest BCUT2D eigenvalue weighted by atomic mass is 32.2. The van der Waals surface area contributed by atoms with Gasteiger partial charge in [0.05, 0.1) is 17.4 Å². The van der Waals surface area contributed by atoms with Crippen molar-refractivity contribution in [3.8, 4) is 5.69 Å². The van der Waals surface area contributed by atoms with Crippen LogP contribution in [0.5, 0.6) is 0 Å². The number of aryl methyl sites for hydroxylation is 1. The molecule has 5 rings (SSSR count). The second kappa shape index (κ2) is 9.06. The fourth-order valence-corrected chi connectivity index (χ4v) is 5.16. The molecule has 1 atom stereocenters. The van der Waals surface area contributed by atoms with Crippen molar-refractivity contribution in [1.29, 1.82) is 0 Å². The molecule has 4 aromatic rings. The van der Waals surface area contributed by atoms with Crippen LogP contribution in [0.2, 0.25) is 0 Å². The topological polar surface area (TPSA) is 24.3 Å². The van der Waals surface area contributed by atoms with E-state index in [4.69, 9.17) is 0 Å². The van der Waals surface area contributed by atoms with Crippen molar-refractivity contribution < 1.29 is 4.39 Å². The Balaban J connectivity index is 1.52. The Hall–Kier alpha value is -2.67. The highest BCUT2D eigenvalue weighted by molar-refractivity contribution is 7.96. The van der Waals surface area contributed by atoms with Gasteiger partial charge in [-0.3, -0.25) is 4.90 Å². The first-order valence-corrected chi connectivity index (χ1v) is 12.1. The molecule has 4 nitrogen and oxygen atoms in total. The third kappa shape index (κ3) is 4.18. The summed E-state index contributed by atoms with van der Waals surface area (Å²) in [6, 6.07) is 22.0. The number of halogens is 1. The molecule has 3 aromatic carbocycles. The van der Waals surface area contributed by atoms with Gasteiger partial charge in [-0.25, -0.2) is 13.4 Å². The fraction of sp³-hybridized carbons (Fsp3) is 0.269. The number of hydrogen-bond donors (Lipinski definition) is 0. The smallest absolute Gasteiger partial charge is 0.123 e. The van der Waals surface area contributed by atoms with Gasteiger partial charge in [-0.05, 0) is 66.3 Å². The summed E-state index contributed by atoms with van der Waals surface area (Å²) in [6.07, 6.45) is 4.07. The van der Waals surface area contributed by atoms with Gasteiger partial charge in [0, 0.05) is 37.6 Å². The highest BCUT2D eigenvalue weighted by Gasteiger charge is 2.29. The minimum absolute atomic E-state index is 0.238. The summed E-state index contributed by atoms with van der Waals surface area (Å²) in [7, 11) is 0. The van der Waals surface area contributed by atoms with E-state index >= 15 is 0 Å². The van der Waals surface area contributed by atoms with Crippen LogP contribution in [0.25, 0.3) is 16.6 Å². The largest absolute Gasteiger partial charge is 0.289 e. The molecular formula is C26H27FN4S. The molecule has 0 radical (unpaired) electrons. The number of fused-ring (bicyclic) bond motifs is 1. The van der Waals surface area contributed by atoms with Gasteiger partial charge in [0.2, 0.25) is 0 Å². The van der Waals surface area contributed by atoms with Crippen LogP contribution < -0.4 is 0 Å². The van der Waals surface area contributed by atoms with E-state index < -0.39 is 0 Å². The van der Waals surface area contributed by atoms with Crippen LogP contribution in [0.3, 0.4) is 0 Å². The molecule has 164 valence electrons. The van der Waals surface area contributed by atoms with Crippen LogP contribution in [-0.2, 0) is 6.54 Å². The number of hydrogen-bond acceptors (Lipinski definition) is 4. The van der Waals surface area contributed by atoms with E-state index in [1.807, 2.05) is 22.8 Å². The molecule has 1 aliphatic heterocycles. The maximum atomic E-state index is 13.4. The number of nitrogens with zero attached hydrogens (tertiary/aromatic N) is 4. The second-order valence-corrected chi connectivity index (χ2v) is 9.22. The zero-order valence-corrected chi connectivity index (χ0v) is 19.2. The molecule has 0 amide bonds. The molecule has 0 bridgehead atoms. The number of rotatable bonds is 5. The van der Waals surface area contributed by atoms with Crippen LogP contribution in [0.1, 0.15) is 22.7 Å². The molecule has 0 N–H and O–H groups in total. The number of benzene rings is 3. The summed E-state index contributed by atoms with van der Waals surface area (Å²) in [5, 5.41) is 5.71. The van der Waals surface area contributed by atoms with Crippen molar-refractivity contribution >= 4 is 22.9 Å². The van der Waals surface area contributed by atoms with Gasteiger partial charge in [0.25, 0.3) is 0 Å². The summed E-state index contributed by atoms with van der Waals surface area (Å²) in [6.45, 7) is 6.23. The van der Waals surface area contributed by atoms with Gasteiger partial charge < -0.3 is 0 Å². The summed E-state index contributed by atoms with van der Waals surface area (Å²) < 4.78 is 17.7. The quantitative estimate of drug-likeness (QED) is 0.372. The molecule has 1 aliphatic rings. The Morgan fingerprint density at radius 2 is 1.81 bits per heavy atom. The molecule has 32 heavy (non-hydrogen) atoms. The van der Waals surface area contributed by atoms with Crippen LogP contribution in [0, 0.1) is 12.7 Å². The molecule has 0 saturated carbocycles. The molecule has 1 saturated heterocycles. The van der Waals surface area contributed by atoms with E-state index in [-0.39, 0.29) is 5.82 Å². The average molecular weight is 447 g/mol. The number of piperazine rings is 1. The van der Waals surface area contributed by atoms with Crippen molar-refractivity contribution in [3.05, 3.63) is 95.4 Å². The summed E-state index contributed by atoms with van der Waals surface area (Å²) in [5.74, 6) is -0.238. The highest BCUT2D eigenvalue weighted by Crippen LogP contribution is 2.34. The summed E-state index contributed by atoms with van der Waals surface area (Å²) in [5.41, 5.74) is 5.87. The lowest BCUT2D eigenvalue weighted by Gasteiger charge is -2.41. The minimum Gasteiger partial charge on any atom is -0.289 e. The van der Waals surface area contributed by atoms with Crippen molar-refractivity contribution in [2.24, 2.45) is 0 Å². The van der Waals surface area contributed by atoms with Gasteiger partial charge >= 0.3 is 0 Å². The molecule has 0 aliphatic carbocycles. The zero-order valence-electron chi connectivity index (χ0n) is 18.4. The van der Waals surface area contributed by atoms with Crippen LogP contribution in [0.15, 0.2) is 72.9 Å². The monoisotopic (exact) mass is 446 g/mol. The first kappa shape index (κ1) is 21.2. The first-order valence-electron chi connectivity index (χ1n) is 10.9. The van der Waals surface area contributed by atoms with Crippen LogP contribution in [-0.4, -0.2) is 44.9 Å². The SMILES string of the molecule is CSN1CCN(Cc2ccccc2)C(c2cc3cnn(-c4ccc(F)cc4)c3cc2C)C1. The normalized spacial score (nSPS) is 17.8. The molecule has 6 heteroatoms. The lowest BCUT2D eigenvalue weighted by Crippen LogP contribution is -2.45. The average Bonchev–Trinajstić information content (AvgIpc) is 3.22. The van der Waals surface area contributed by atoms with Crippen LogP contribution >= 0.6 is 11.9 Å². The standard InChI is InChI=1S/C26H27FN4S/c1-19-14-25-21(16-28-31(25)23-10-8-22(27)9-11-23)15-24(19)26-18-30(32-2)13-12-29(26)17-20-6-4-3-5-7-20/h3-11,14-16,26H,12-13,17-18H2,1-2H3. The van der Waals surface area contributed by atoms with Crippen LogP contribution in [0.4, 0.5) is 4.39 Å². The predicted molar refractivity (Wildman–Crippen MR) is 130 cm³/mol. The zero-order chi connectivity index (χ0) is 22.1. The third-order valence-corrected chi connectivity index (χ3v) is 7.17. The summed E-state index contributed by atoms with van der Waals surface area (Å²) >= 11 is 1.82. The molecule has 1 fully saturated rings. The fourth-order valence-electron chi connectivity index (χ4n) is 4.61. The van der Waals surface area contributed by atoms with E-state index in [0.29, 0.717) is 6.04 Å². The second-order valence-electron chi connectivity index (χ2n) is 8.34. The summed E-state index contributed by atoms with van der Waals surface area (Å²) in [4.78, 5) is 2.60. The molecule has 2 heterocycles. The van der Waals surface area contributed by atoms with Gasteiger partial charge in [-0.15, -0.1) is 0 Å². The van der Waals surface area contributed by atoms with Crippen molar-refractivity contribution in [2.75, 3.05) is 25.9 Å². The van der Waals surface area contributed by atoms with E-state index in [1.54, 1.807) is 12.1 Å². The third-order valence-electron chi connectivity index (χ3n) is 6.33.